The number of hydrogen-bond acceptors (Lipinski definition) is 3. The van der Waals surface area contributed by atoms with E-state index in [4.69, 9.17) is 34.8 Å². The van der Waals surface area contributed by atoms with E-state index < -0.39 is 0 Å². The van der Waals surface area contributed by atoms with Gasteiger partial charge in [-0.3, -0.25) is 0 Å². The van der Waals surface area contributed by atoms with Crippen molar-refractivity contribution in [3.8, 4) is 5.75 Å². The molecule has 0 unspecified atom stereocenters. The smallest absolute Gasteiger partial charge is 0.139 e. The fraction of sp³-hybridized carbons (Fsp3) is 0.133. The molecule has 6 heteroatoms. The van der Waals surface area contributed by atoms with Gasteiger partial charge in [0.1, 0.15) is 5.75 Å². The van der Waals surface area contributed by atoms with Crippen molar-refractivity contribution in [2.75, 3.05) is 0 Å². The van der Waals surface area contributed by atoms with Crippen molar-refractivity contribution in [1.82, 2.24) is 5.43 Å². The van der Waals surface area contributed by atoms with Crippen molar-refractivity contribution in [3.63, 3.8) is 0 Å². The fourth-order valence-corrected chi connectivity index (χ4v) is 2.93. The lowest BCUT2D eigenvalue weighted by atomic mass is 9.98. The molecule has 21 heavy (non-hydrogen) atoms. The van der Waals surface area contributed by atoms with Crippen LogP contribution in [0.3, 0.4) is 0 Å². The number of halogens is 3. The molecule has 0 bridgehead atoms. The molecule has 0 aromatic heterocycles. The number of benzene rings is 2. The highest BCUT2D eigenvalue weighted by atomic mass is 35.5. The molecule has 0 saturated carbocycles. The second kappa shape index (κ2) is 5.76. The van der Waals surface area contributed by atoms with Gasteiger partial charge >= 0.3 is 0 Å². The van der Waals surface area contributed by atoms with Crippen LogP contribution in [0.1, 0.15) is 23.6 Å². The van der Waals surface area contributed by atoms with Crippen molar-refractivity contribution < 1.29 is 5.11 Å². The number of hydrogen-bond donors (Lipinski definition) is 2. The lowest BCUT2D eigenvalue weighted by Gasteiger charge is -2.13. The first-order valence-electron chi connectivity index (χ1n) is 6.30. The lowest BCUT2D eigenvalue weighted by molar-refractivity contribution is 0.456. The molecule has 1 aliphatic rings. The first kappa shape index (κ1) is 14.5. The van der Waals surface area contributed by atoms with Gasteiger partial charge in [0.15, 0.2) is 0 Å². The van der Waals surface area contributed by atoms with Crippen LogP contribution in [0.2, 0.25) is 15.1 Å². The Hall–Kier alpha value is -1.42. The predicted octanol–water partition coefficient (Wildman–Crippen LogP) is 4.79. The lowest BCUT2D eigenvalue weighted by Crippen LogP contribution is -2.10. The Balaban J connectivity index is 1.85. The molecule has 3 rings (SSSR count). The summed E-state index contributed by atoms with van der Waals surface area (Å²) >= 11 is 17.8. The van der Waals surface area contributed by atoms with E-state index in [1.54, 1.807) is 6.07 Å². The van der Waals surface area contributed by atoms with Gasteiger partial charge in [0.05, 0.1) is 16.8 Å². The fourth-order valence-electron chi connectivity index (χ4n) is 2.30. The van der Waals surface area contributed by atoms with Crippen LogP contribution >= 0.6 is 34.8 Å². The molecule has 0 amide bonds. The maximum atomic E-state index is 10.1. The van der Waals surface area contributed by atoms with Crippen molar-refractivity contribution in [2.24, 2.45) is 5.10 Å². The van der Waals surface area contributed by atoms with Gasteiger partial charge < -0.3 is 10.5 Å². The summed E-state index contributed by atoms with van der Waals surface area (Å²) in [4.78, 5) is 0. The topological polar surface area (TPSA) is 44.6 Å². The summed E-state index contributed by atoms with van der Waals surface area (Å²) in [6, 6.07) is 10.5. The van der Waals surface area contributed by atoms with Crippen LogP contribution in [-0.4, -0.2) is 10.8 Å². The predicted molar refractivity (Wildman–Crippen MR) is 86.6 cm³/mol. The van der Waals surface area contributed by atoms with E-state index in [9.17, 15) is 5.11 Å². The van der Waals surface area contributed by atoms with Crippen molar-refractivity contribution in [2.45, 2.75) is 12.5 Å². The monoisotopic (exact) mass is 340 g/mol. The minimum absolute atomic E-state index is 0.0334. The first-order valence-corrected chi connectivity index (χ1v) is 7.44. The van der Waals surface area contributed by atoms with Gasteiger partial charge in [-0.15, -0.1) is 0 Å². The zero-order valence-electron chi connectivity index (χ0n) is 10.8. The van der Waals surface area contributed by atoms with Gasteiger partial charge in [0, 0.05) is 22.0 Å². The standard InChI is InChI=1S/C15H11Cl3N2O/c16-9-3-1-8(2-4-9)13-7-14(20-19-13)11-5-10(17)6-12(18)15(11)21/h1-6,14,20-21H,7H2/t14-/m1/s1. The maximum absolute atomic E-state index is 10.1. The van der Waals surface area contributed by atoms with Gasteiger partial charge in [0.25, 0.3) is 0 Å². The quantitative estimate of drug-likeness (QED) is 0.824. The molecule has 0 fully saturated rings. The third-order valence-corrected chi connectivity index (χ3v) is 4.12. The number of rotatable bonds is 2. The average molecular weight is 342 g/mol. The van der Waals surface area contributed by atoms with Crippen LogP contribution in [0.5, 0.6) is 5.75 Å². The average Bonchev–Trinajstić information content (AvgIpc) is 2.93. The van der Waals surface area contributed by atoms with Crippen LogP contribution in [0.15, 0.2) is 41.5 Å². The molecule has 0 saturated heterocycles. The highest BCUT2D eigenvalue weighted by Crippen LogP contribution is 2.37. The molecule has 1 atom stereocenters. The third kappa shape index (κ3) is 2.95. The number of nitrogens with zero attached hydrogens (tertiary/aromatic N) is 1. The molecule has 1 heterocycles. The Kier molecular flexibility index (Phi) is 3.98. The number of aromatic hydroxyl groups is 1. The largest absolute Gasteiger partial charge is 0.506 e. The van der Waals surface area contributed by atoms with Gasteiger partial charge in [-0.25, -0.2) is 0 Å². The Labute approximate surface area is 137 Å². The van der Waals surface area contributed by atoms with E-state index in [1.165, 1.54) is 6.07 Å². The molecule has 2 N–H and O–H groups in total. The zero-order chi connectivity index (χ0) is 15.0. The molecule has 0 radical (unpaired) electrons. The first-order chi connectivity index (χ1) is 10.0. The summed E-state index contributed by atoms with van der Waals surface area (Å²) in [5.41, 5.74) is 5.53. The Morgan fingerprint density at radius 2 is 1.76 bits per heavy atom. The number of phenolic OH excluding ortho intramolecular Hbond substituents is 1. The van der Waals surface area contributed by atoms with Crippen molar-refractivity contribution in [1.29, 1.82) is 0 Å². The van der Waals surface area contributed by atoms with Crippen LogP contribution in [0.25, 0.3) is 0 Å². The SMILES string of the molecule is Oc1c(Cl)cc(Cl)cc1[C@H]1CC(c2ccc(Cl)cc2)=NN1. The van der Waals surface area contributed by atoms with Gasteiger partial charge in [-0.05, 0) is 29.8 Å². The van der Waals surface area contributed by atoms with E-state index in [0.717, 1.165) is 11.3 Å². The number of hydrazone groups is 1. The number of nitrogens with one attached hydrogen (secondary N) is 1. The molecular weight excluding hydrogens is 331 g/mol. The maximum Gasteiger partial charge on any atom is 0.139 e. The van der Waals surface area contributed by atoms with Crippen LogP contribution in [0.4, 0.5) is 0 Å². The summed E-state index contributed by atoms with van der Waals surface area (Å²) in [7, 11) is 0. The molecule has 108 valence electrons. The Bertz CT molecular complexity index is 714. The summed E-state index contributed by atoms with van der Waals surface area (Å²) in [5.74, 6) is 0.0334. The Morgan fingerprint density at radius 1 is 1.05 bits per heavy atom. The van der Waals surface area contributed by atoms with Crippen LogP contribution < -0.4 is 5.43 Å². The van der Waals surface area contributed by atoms with Gasteiger partial charge in [0.2, 0.25) is 0 Å². The molecule has 3 nitrogen and oxygen atoms in total. The summed E-state index contributed by atoms with van der Waals surface area (Å²) < 4.78 is 0. The zero-order valence-corrected chi connectivity index (χ0v) is 13.0. The molecule has 0 spiro atoms. The van der Waals surface area contributed by atoms with Crippen LogP contribution in [0, 0.1) is 0 Å². The van der Waals surface area contributed by atoms with Gasteiger partial charge in [-0.1, -0.05) is 46.9 Å². The minimum atomic E-state index is -0.160. The summed E-state index contributed by atoms with van der Waals surface area (Å²) in [6.07, 6.45) is 0.631. The second-order valence-corrected chi connectivity index (χ2v) is 6.06. The van der Waals surface area contributed by atoms with Crippen LogP contribution in [-0.2, 0) is 0 Å². The third-order valence-electron chi connectivity index (χ3n) is 3.36. The van der Waals surface area contributed by atoms with E-state index in [0.29, 0.717) is 22.0 Å². The highest BCUT2D eigenvalue weighted by Gasteiger charge is 2.25. The van der Waals surface area contributed by atoms with Gasteiger partial charge in [-0.2, -0.15) is 5.10 Å². The molecule has 0 aliphatic carbocycles. The van der Waals surface area contributed by atoms with E-state index in [1.807, 2.05) is 24.3 Å². The Morgan fingerprint density at radius 3 is 2.48 bits per heavy atom. The molecule has 2 aromatic rings. The summed E-state index contributed by atoms with van der Waals surface area (Å²) in [5, 5.41) is 15.8. The number of phenols is 1. The second-order valence-electron chi connectivity index (χ2n) is 4.78. The molecule has 1 aliphatic heterocycles. The minimum Gasteiger partial charge on any atom is -0.506 e. The van der Waals surface area contributed by atoms with Crippen molar-refractivity contribution >= 4 is 40.5 Å². The normalized spacial score (nSPS) is 17.5. The van der Waals surface area contributed by atoms with Crippen molar-refractivity contribution in [3.05, 3.63) is 62.6 Å². The molecular formula is C15H11Cl3N2O. The summed E-state index contributed by atoms with van der Waals surface area (Å²) in [6.45, 7) is 0. The van der Waals surface area contributed by atoms with E-state index in [2.05, 4.69) is 10.5 Å². The van der Waals surface area contributed by atoms with E-state index in [-0.39, 0.29) is 16.8 Å². The highest BCUT2D eigenvalue weighted by molar-refractivity contribution is 6.35. The van der Waals surface area contributed by atoms with E-state index >= 15 is 0 Å². The molecule has 2 aromatic carbocycles.